The van der Waals surface area contributed by atoms with Crippen molar-refractivity contribution in [3.05, 3.63) is 0 Å². The summed E-state index contributed by atoms with van der Waals surface area (Å²) >= 11 is 0. The number of halogens is 1. The minimum absolute atomic E-state index is 0.507. The Morgan fingerprint density at radius 3 is 2.22 bits per heavy atom. The maximum Gasteiger partial charge on any atom is 0.125 e. The average Bonchev–Trinajstić information content (AvgIpc) is 1.79. The average molecular weight is 132 g/mol. The lowest BCUT2D eigenvalue weighted by Gasteiger charge is -2.14. The van der Waals surface area contributed by atoms with Crippen molar-refractivity contribution in [3.63, 3.8) is 0 Å². The van der Waals surface area contributed by atoms with Gasteiger partial charge < -0.3 is 10.6 Å². The van der Waals surface area contributed by atoms with Gasteiger partial charge in [0.25, 0.3) is 0 Å². The van der Waals surface area contributed by atoms with Gasteiger partial charge in [-0.25, -0.2) is 4.39 Å². The zero-order valence-electron chi connectivity index (χ0n) is 5.49. The van der Waals surface area contributed by atoms with Gasteiger partial charge in [-0.2, -0.15) is 0 Å². The third-order valence-corrected chi connectivity index (χ3v) is 1.44. The van der Waals surface area contributed by atoms with Crippen molar-refractivity contribution >= 4 is 0 Å². The first kappa shape index (κ1) is 6.96. The molecular formula is C6H13FN2. The fourth-order valence-electron chi connectivity index (χ4n) is 0.928. The Balaban J connectivity index is 2.12. The van der Waals surface area contributed by atoms with Crippen molar-refractivity contribution < 1.29 is 4.39 Å². The Bertz CT molecular complexity index is 69.5. The molecule has 0 atom stereocenters. The molecule has 0 aromatic heterocycles. The van der Waals surface area contributed by atoms with Gasteiger partial charge in [-0.15, -0.1) is 0 Å². The van der Waals surface area contributed by atoms with Crippen molar-refractivity contribution in [2.45, 2.75) is 12.6 Å². The lowest BCUT2D eigenvalue weighted by Crippen LogP contribution is -2.37. The molecule has 0 aromatic carbocycles. The summed E-state index contributed by atoms with van der Waals surface area (Å²) < 4.78 is 12.5. The monoisotopic (exact) mass is 132 g/mol. The van der Waals surface area contributed by atoms with E-state index in [0.29, 0.717) is 13.1 Å². The first-order valence-electron chi connectivity index (χ1n) is 3.45. The van der Waals surface area contributed by atoms with Crippen LogP contribution in [-0.2, 0) is 0 Å². The summed E-state index contributed by atoms with van der Waals surface area (Å²) in [5, 5.41) is 6.04. The second-order valence-corrected chi connectivity index (χ2v) is 2.36. The lowest BCUT2D eigenvalue weighted by atomic mass is 10.3. The third-order valence-electron chi connectivity index (χ3n) is 1.44. The van der Waals surface area contributed by atoms with Gasteiger partial charge in [0.2, 0.25) is 0 Å². The van der Waals surface area contributed by atoms with Crippen molar-refractivity contribution in [1.82, 2.24) is 10.6 Å². The summed E-state index contributed by atoms with van der Waals surface area (Å²) in [5.41, 5.74) is 0. The zero-order chi connectivity index (χ0) is 6.53. The van der Waals surface area contributed by atoms with Crippen LogP contribution in [0.25, 0.3) is 0 Å². The number of hydrogen-bond donors (Lipinski definition) is 2. The van der Waals surface area contributed by atoms with Crippen LogP contribution in [0.1, 0.15) is 6.42 Å². The van der Waals surface area contributed by atoms with E-state index in [1.54, 1.807) is 0 Å². The third kappa shape index (κ3) is 2.77. The molecule has 0 spiro atoms. The maximum atomic E-state index is 12.5. The highest BCUT2D eigenvalue weighted by Crippen LogP contribution is 1.89. The zero-order valence-corrected chi connectivity index (χ0v) is 5.49. The van der Waals surface area contributed by atoms with E-state index < -0.39 is 6.17 Å². The van der Waals surface area contributed by atoms with Crippen molar-refractivity contribution in [3.8, 4) is 0 Å². The van der Waals surface area contributed by atoms with E-state index in [4.69, 9.17) is 0 Å². The highest BCUT2D eigenvalue weighted by molar-refractivity contribution is 4.66. The molecule has 0 aliphatic carbocycles. The molecule has 2 nitrogen and oxygen atoms in total. The molecule has 0 amide bonds. The molecule has 1 heterocycles. The molecule has 1 aliphatic heterocycles. The van der Waals surface area contributed by atoms with Crippen LogP contribution in [0.3, 0.4) is 0 Å². The molecule has 1 saturated heterocycles. The minimum atomic E-state index is -0.703. The molecule has 2 N–H and O–H groups in total. The molecule has 0 saturated carbocycles. The summed E-state index contributed by atoms with van der Waals surface area (Å²) in [5.74, 6) is 0. The van der Waals surface area contributed by atoms with E-state index in [2.05, 4.69) is 10.6 Å². The number of alkyl halides is 1. The van der Waals surface area contributed by atoms with Crippen LogP contribution >= 0.6 is 0 Å². The molecule has 1 rings (SSSR count). The highest BCUT2D eigenvalue weighted by Gasteiger charge is 2.06. The number of rotatable bonds is 0. The van der Waals surface area contributed by atoms with Crippen LogP contribution < -0.4 is 10.6 Å². The van der Waals surface area contributed by atoms with Crippen LogP contribution in [0.15, 0.2) is 0 Å². The van der Waals surface area contributed by atoms with Crippen LogP contribution in [0.2, 0.25) is 0 Å². The fraction of sp³-hybridized carbons (Fsp3) is 1.00. The Morgan fingerprint density at radius 2 is 1.67 bits per heavy atom. The Hall–Kier alpha value is -0.150. The first-order valence-corrected chi connectivity index (χ1v) is 3.45. The van der Waals surface area contributed by atoms with Gasteiger partial charge in [0.1, 0.15) is 6.17 Å². The topological polar surface area (TPSA) is 24.1 Å². The predicted molar refractivity (Wildman–Crippen MR) is 35.3 cm³/mol. The molecular weight excluding hydrogens is 119 g/mol. The molecule has 0 bridgehead atoms. The largest absolute Gasteiger partial charge is 0.314 e. The Morgan fingerprint density at radius 1 is 1.11 bits per heavy atom. The number of nitrogens with one attached hydrogen (secondary N) is 2. The fourth-order valence-corrected chi connectivity index (χ4v) is 0.928. The molecule has 0 aromatic rings. The molecule has 54 valence electrons. The van der Waals surface area contributed by atoms with E-state index in [-0.39, 0.29) is 0 Å². The summed E-state index contributed by atoms with van der Waals surface area (Å²) in [7, 11) is 0. The van der Waals surface area contributed by atoms with Crippen LogP contribution in [-0.4, -0.2) is 32.4 Å². The first-order chi connectivity index (χ1) is 4.39. The predicted octanol–water partition coefficient (Wildman–Crippen LogP) is -0.0926. The molecule has 0 unspecified atom stereocenters. The van der Waals surface area contributed by atoms with Crippen molar-refractivity contribution in [1.29, 1.82) is 0 Å². The second-order valence-electron chi connectivity index (χ2n) is 2.36. The number of hydrogen-bond acceptors (Lipinski definition) is 2. The van der Waals surface area contributed by atoms with Gasteiger partial charge in [-0.1, -0.05) is 0 Å². The van der Waals surface area contributed by atoms with Gasteiger partial charge in [0, 0.05) is 13.1 Å². The molecule has 9 heavy (non-hydrogen) atoms. The maximum absolute atomic E-state index is 12.5. The van der Waals surface area contributed by atoms with E-state index in [0.717, 1.165) is 19.5 Å². The van der Waals surface area contributed by atoms with Crippen LogP contribution in [0, 0.1) is 0 Å². The molecule has 3 heteroatoms. The van der Waals surface area contributed by atoms with Gasteiger partial charge in [-0.3, -0.25) is 0 Å². The van der Waals surface area contributed by atoms with E-state index in [1.165, 1.54) is 0 Å². The summed E-state index contributed by atoms with van der Waals surface area (Å²) in [6.07, 6.45) is 0.400. The standard InChI is InChI=1S/C6H13FN2/c7-6-4-8-2-1-3-9-5-6/h6,8-9H,1-5H2. The smallest absolute Gasteiger partial charge is 0.125 e. The van der Waals surface area contributed by atoms with Crippen LogP contribution in [0.5, 0.6) is 0 Å². The summed E-state index contributed by atoms with van der Waals surface area (Å²) in [6.45, 7) is 2.89. The van der Waals surface area contributed by atoms with Gasteiger partial charge in [-0.05, 0) is 19.5 Å². The molecule has 0 radical (unpaired) electrons. The van der Waals surface area contributed by atoms with Crippen molar-refractivity contribution in [2.75, 3.05) is 26.2 Å². The van der Waals surface area contributed by atoms with E-state index >= 15 is 0 Å². The second kappa shape index (κ2) is 3.80. The SMILES string of the molecule is FC1CNCCCNC1. The van der Waals surface area contributed by atoms with E-state index in [9.17, 15) is 4.39 Å². The Labute approximate surface area is 54.8 Å². The van der Waals surface area contributed by atoms with Gasteiger partial charge in [0.05, 0.1) is 0 Å². The molecule has 1 aliphatic rings. The highest BCUT2D eigenvalue weighted by atomic mass is 19.1. The van der Waals surface area contributed by atoms with Gasteiger partial charge >= 0.3 is 0 Å². The minimum Gasteiger partial charge on any atom is -0.314 e. The summed E-state index contributed by atoms with van der Waals surface area (Å²) in [4.78, 5) is 0. The van der Waals surface area contributed by atoms with E-state index in [1.807, 2.05) is 0 Å². The van der Waals surface area contributed by atoms with Crippen molar-refractivity contribution in [2.24, 2.45) is 0 Å². The normalized spacial score (nSPS) is 25.0. The molecule has 1 fully saturated rings. The lowest BCUT2D eigenvalue weighted by molar-refractivity contribution is 0.294. The van der Waals surface area contributed by atoms with Gasteiger partial charge in [0.15, 0.2) is 0 Å². The summed E-state index contributed by atoms with van der Waals surface area (Å²) in [6, 6.07) is 0. The quantitative estimate of drug-likeness (QED) is 0.481. The van der Waals surface area contributed by atoms with Crippen LogP contribution in [0.4, 0.5) is 4.39 Å². The Kier molecular flexibility index (Phi) is 2.94.